The second kappa shape index (κ2) is 4.09. The van der Waals surface area contributed by atoms with E-state index in [1.54, 1.807) is 12.4 Å². The van der Waals surface area contributed by atoms with Gasteiger partial charge in [0.15, 0.2) is 0 Å². The zero-order valence-corrected chi connectivity index (χ0v) is 8.55. The monoisotopic (exact) mass is 200 g/mol. The number of rotatable bonds is 2. The Balaban J connectivity index is 2.15. The van der Waals surface area contributed by atoms with Crippen LogP contribution in [0.5, 0.6) is 0 Å². The number of carbonyl (C=O) groups excluding carboxylic acids is 1. The van der Waals surface area contributed by atoms with Gasteiger partial charge in [-0.3, -0.25) is 4.79 Å². The summed E-state index contributed by atoms with van der Waals surface area (Å²) in [5.41, 5.74) is 2.28. The Hall–Kier alpha value is -1.90. The Morgan fingerprint density at radius 2 is 2.00 bits per heavy atom. The maximum atomic E-state index is 11.0. The second-order valence-corrected chi connectivity index (χ2v) is 3.47. The molecule has 76 valence electrons. The molecule has 15 heavy (non-hydrogen) atoms. The number of benzene rings is 1. The van der Waals surface area contributed by atoms with Gasteiger partial charge in [0.1, 0.15) is 0 Å². The van der Waals surface area contributed by atoms with Gasteiger partial charge in [-0.05, 0) is 11.1 Å². The third-order valence-electron chi connectivity index (χ3n) is 2.21. The molecule has 3 nitrogen and oxygen atoms in total. The minimum absolute atomic E-state index is 0.0608. The predicted molar refractivity (Wildman–Crippen MR) is 57.8 cm³/mol. The van der Waals surface area contributed by atoms with Gasteiger partial charge in [0.2, 0.25) is 5.91 Å². The maximum absolute atomic E-state index is 11.0. The Kier molecular flexibility index (Phi) is 2.63. The average molecular weight is 200 g/mol. The van der Waals surface area contributed by atoms with Gasteiger partial charge >= 0.3 is 0 Å². The molecule has 2 rings (SSSR count). The number of carbonyl (C=O) groups is 1. The Bertz CT molecular complexity index is 459. The molecule has 0 atom stereocenters. The first kappa shape index (κ1) is 9.65. The van der Waals surface area contributed by atoms with Crippen LogP contribution in [0.25, 0.3) is 0 Å². The smallest absolute Gasteiger partial charge is 0.243 e. The van der Waals surface area contributed by atoms with Gasteiger partial charge in [-0.25, -0.2) is 4.68 Å². The van der Waals surface area contributed by atoms with E-state index in [4.69, 9.17) is 0 Å². The van der Waals surface area contributed by atoms with E-state index in [0.717, 1.165) is 12.0 Å². The molecule has 0 saturated carbocycles. The van der Waals surface area contributed by atoms with Crippen molar-refractivity contribution in [1.82, 2.24) is 9.78 Å². The number of nitrogens with zero attached hydrogens (tertiary/aromatic N) is 2. The first-order valence-electron chi connectivity index (χ1n) is 4.84. The van der Waals surface area contributed by atoms with Crippen LogP contribution in [0, 0.1) is 0 Å². The van der Waals surface area contributed by atoms with Gasteiger partial charge in [0, 0.05) is 19.5 Å². The van der Waals surface area contributed by atoms with Gasteiger partial charge in [-0.1, -0.05) is 30.3 Å². The van der Waals surface area contributed by atoms with E-state index < -0.39 is 0 Å². The molecule has 3 heteroatoms. The molecule has 0 fully saturated rings. The third-order valence-corrected chi connectivity index (χ3v) is 2.21. The van der Waals surface area contributed by atoms with Crippen molar-refractivity contribution in [3.05, 3.63) is 53.9 Å². The van der Waals surface area contributed by atoms with Crippen molar-refractivity contribution in [2.24, 2.45) is 0 Å². The van der Waals surface area contributed by atoms with Gasteiger partial charge in [-0.2, -0.15) is 5.10 Å². The van der Waals surface area contributed by atoms with Crippen molar-refractivity contribution < 1.29 is 4.79 Å². The van der Waals surface area contributed by atoms with Gasteiger partial charge in [-0.15, -0.1) is 0 Å². The van der Waals surface area contributed by atoms with Crippen molar-refractivity contribution in [3.63, 3.8) is 0 Å². The molecule has 0 N–H and O–H groups in total. The molecule has 0 aliphatic rings. The summed E-state index contributed by atoms with van der Waals surface area (Å²) < 4.78 is 1.36. The summed E-state index contributed by atoms with van der Waals surface area (Å²) >= 11 is 0. The summed E-state index contributed by atoms with van der Waals surface area (Å²) in [7, 11) is 0. The van der Waals surface area contributed by atoms with Crippen molar-refractivity contribution in [3.8, 4) is 0 Å². The van der Waals surface area contributed by atoms with Crippen LogP contribution in [-0.2, 0) is 6.42 Å². The summed E-state index contributed by atoms with van der Waals surface area (Å²) in [5.74, 6) is -0.0608. The highest BCUT2D eigenvalue weighted by atomic mass is 16.2. The standard InChI is InChI=1S/C12H12N2O/c1-10(15)14-9-12(8-13-14)7-11-5-3-2-4-6-11/h2-6,8-9H,7H2,1H3. The van der Waals surface area contributed by atoms with Gasteiger partial charge < -0.3 is 0 Å². The van der Waals surface area contributed by atoms with Crippen LogP contribution in [-0.4, -0.2) is 15.7 Å². The number of hydrogen-bond donors (Lipinski definition) is 0. The van der Waals surface area contributed by atoms with Crippen molar-refractivity contribution in [2.75, 3.05) is 0 Å². The molecule has 0 saturated heterocycles. The molecule has 0 radical (unpaired) electrons. The largest absolute Gasteiger partial charge is 0.273 e. The fraction of sp³-hybridized carbons (Fsp3) is 0.167. The quantitative estimate of drug-likeness (QED) is 0.744. The van der Waals surface area contributed by atoms with Crippen molar-refractivity contribution in [2.45, 2.75) is 13.3 Å². The Morgan fingerprint density at radius 1 is 1.27 bits per heavy atom. The van der Waals surface area contributed by atoms with E-state index in [1.807, 2.05) is 18.2 Å². The highest BCUT2D eigenvalue weighted by molar-refractivity contribution is 5.75. The minimum atomic E-state index is -0.0608. The average Bonchev–Trinajstić information content (AvgIpc) is 2.68. The van der Waals surface area contributed by atoms with Crippen LogP contribution in [0.2, 0.25) is 0 Å². The molecular formula is C12H12N2O. The molecule has 0 unspecified atom stereocenters. The van der Waals surface area contributed by atoms with E-state index in [9.17, 15) is 4.79 Å². The summed E-state index contributed by atoms with van der Waals surface area (Å²) in [6.07, 6.45) is 4.32. The summed E-state index contributed by atoms with van der Waals surface area (Å²) in [5, 5.41) is 3.98. The van der Waals surface area contributed by atoms with E-state index in [-0.39, 0.29) is 5.91 Å². The van der Waals surface area contributed by atoms with Crippen LogP contribution < -0.4 is 0 Å². The Morgan fingerprint density at radius 3 is 2.60 bits per heavy atom. The minimum Gasteiger partial charge on any atom is -0.273 e. The maximum Gasteiger partial charge on any atom is 0.243 e. The van der Waals surface area contributed by atoms with E-state index in [2.05, 4.69) is 17.2 Å². The fourth-order valence-corrected chi connectivity index (χ4v) is 1.46. The van der Waals surface area contributed by atoms with E-state index >= 15 is 0 Å². The first-order chi connectivity index (χ1) is 7.25. The number of aromatic nitrogens is 2. The molecular weight excluding hydrogens is 188 g/mol. The third kappa shape index (κ3) is 2.31. The summed E-state index contributed by atoms with van der Waals surface area (Å²) in [6, 6.07) is 10.1. The SMILES string of the molecule is CC(=O)n1cc(Cc2ccccc2)cn1. The van der Waals surface area contributed by atoms with Crippen molar-refractivity contribution >= 4 is 5.91 Å². The highest BCUT2D eigenvalue weighted by Crippen LogP contribution is 2.07. The second-order valence-electron chi connectivity index (χ2n) is 3.47. The summed E-state index contributed by atoms with van der Waals surface area (Å²) in [6.45, 7) is 1.50. The van der Waals surface area contributed by atoms with E-state index in [1.165, 1.54) is 17.2 Å². The number of hydrogen-bond acceptors (Lipinski definition) is 2. The molecule has 1 heterocycles. The van der Waals surface area contributed by atoms with Gasteiger partial charge in [0.05, 0.1) is 6.20 Å². The molecule has 1 aromatic carbocycles. The predicted octanol–water partition coefficient (Wildman–Crippen LogP) is 2.13. The zero-order chi connectivity index (χ0) is 10.7. The lowest BCUT2D eigenvalue weighted by molar-refractivity contribution is 0.0921. The molecule has 0 bridgehead atoms. The summed E-state index contributed by atoms with van der Waals surface area (Å²) in [4.78, 5) is 11.0. The van der Waals surface area contributed by atoms with Crippen LogP contribution in [0.15, 0.2) is 42.7 Å². The van der Waals surface area contributed by atoms with Crippen molar-refractivity contribution in [1.29, 1.82) is 0 Å². The molecule has 1 aromatic heterocycles. The van der Waals surface area contributed by atoms with E-state index in [0.29, 0.717) is 0 Å². The van der Waals surface area contributed by atoms with Crippen LogP contribution in [0.3, 0.4) is 0 Å². The normalized spacial score (nSPS) is 10.2. The first-order valence-corrected chi connectivity index (χ1v) is 4.84. The molecule has 2 aromatic rings. The lowest BCUT2D eigenvalue weighted by Crippen LogP contribution is -2.04. The highest BCUT2D eigenvalue weighted by Gasteiger charge is 2.02. The lowest BCUT2D eigenvalue weighted by atomic mass is 10.1. The van der Waals surface area contributed by atoms with Gasteiger partial charge in [0.25, 0.3) is 0 Å². The fourth-order valence-electron chi connectivity index (χ4n) is 1.46. The zero-order valence-electron chi connectivity index (χ0n) is 8.55. The topological polar surface area (TPSA) is 34.9 Å². The van der Waals surface area contributed by atoms with Crippen LogP contribution >= 0.6 is 0 Å². The molecule has 0 aliphatic carbocycles. The Labute approximate surface area is 88.4 Å². The lowest BCUT2D eigenvalue weighted by Gasteiger charge is -1.96. The molecule has 0 amide bonds. The van der Waals surface area contributed by atoms with Crippen LogP contribution in [0.4, 0.5) is 0 Å². The molecule has 0 aliphatic heterocycles. The van der Waals surface area contributed by atoms with Crippen LogP contribution in [0.1, 0.15) is 22.8 Å². The molecule has 0 spiro atoms.